The summed E-state index contributed by atoms with van der Waals surface area (Å²) in [6, 6.07) is 0.722. The van der Waals surface area contributed by atoms with Crippen molar-refractivity contribution in [3.05, 3.63) is 22.4 Å². The van der Waals surface area contributed by atoms with Crippen LogP contribution < -0.4 is 5.32 Å². The standard InChI is InChI=1S/C12H15NO5S/c1-18-11(15)3-2-9(12(16)17)13-10(14)6-8-4-5-19-7-8/h4-5,7,9H,2-3,6H2,1H3,(H,13,14)(H,16,17)/t9-/m1/s1. The molecular formula is C12H15NO5S. The maximum atomic E-state index is 11.7. The van der Waals surface area contributed by atoms with Crippen LogP contribution in [-0.4, -0.2) is 36.1 Å². The molecule has 1 amide bonds. The van der Waals surface area contributed by atoms with E-state index in [1.165, 1.54) is 18.4 Å². The highest BCUT2D eigenvalue weighted by Gasteiger charge is 2.21. The van der Waals surface area contributed by atoms with Crippen molar-refractivity contribution in [2.75, 3.05) is 7.11 Å². The smallest absolute Gasteiger partial charge is 0.326 e. The molecule has 0 aliphatic rings. The predicted molar refractivity (Wildman–Crippen MR) is 68.8 cm³/mol. The number of carbonyl (C=O) groups excluding carboxylic acids is 2. The van der Waals surface area contributed by atoms with E-state index in [0.29, 0.717) is 0 Å². The highest BCUT2D eigenvalue weighted by atomic mass is 32.1. The van der Waals surface area contributed by atoms with Crippen molar-refractivity contribution < 1.29 is 24.2 Å². The van der Waals surface area contributed by atoms with Gasteiger partial charge in [-0.3, -0.25) is 9.59 Å². The van der Waals surface area contributed by atoms with Crippen molar-refractivity contribution in [3.8, 4) is 0 Å². The Balaban J connectivity index is 2.46. The van der Waals surface area contributed by atoms with Crippen molar-refractivity contribution >= 4 is 29.2 Å². The molecule has 104 valence electrons. The van der Waals surface area contributed by atoms with Crippen LogP contribution in [0.3, 0.4) is 0 Å². The molecule has 1 aromatic heterocycles. The summed E-state index contributed by atoms with van der Waals surface area (Å²) >= 11 is 1.47. The number of methoxy groups -OCH3 is 1. The summed E-state index contributed by atoms with van der Waals surface area (Å²) in [7, 11) is 1.23. The summed E-state index contributed by atoms with van der Waals surface area (Å²) in [5, 5.41) is 15.0. The molecule has 0 aromatic carbocycles. The zero-order valence-corrected chi connectivity index (χ0v) is 11.2. The van der Waals surface area contributed by atoms with Gasteiger partial charge in [0, 0.05) is 6.42 Å². The first kappa shape index (κ1) is 15.2. The number of carboxylic acid groups (broad SMARTS) is 1. The first-order valence-electron chi connectivity index (χ1n) is 5.63. The number of nitrogens with one attached hydrogen (secondary N) is 1. The second-order valence-electron chi connectivity index (χ2n) is 3.88. The van der Waals surface area contributed by atoms with Gasteiger partial charge in [0.05, 0.1) is 13.5 Å². The Hall–Kier alpha value is -1.89. The van der Waals surface area contributed by atoms with Gasteiger partial charge < -0.3 is 15.2 Å². The SMILES string of the molecule is COC(=O)CC[C@@H](NC(=O)Cc1ccsc1)C(=O)O. The molecule has 0 radical (unpaired) electrons. The van der Waals surface area contributed by atoms with E-state index in [2.05, 4.69) is 10.1 Å². The van der Waals surface area contributed by atoms with E-state index in [1.807, 2.05) is 10.8 Å². The predicted octanol–water partition coefficient (Wildman–Crippen LogP) is 0.813. The zero-order valence-electron chi connectivity index (χ0n) is 10.4. The van der Waals surface area contributed by atoms with Crippen LogP contribution >= 0.6 is 11.3 Å². The molecule has 1 heterocycles. The number of amides is 1. The lowest BCUT2D eigenvalue weighted by atomic mass is 10.1. The van der Waals surface area contributed by atoms with Crippen molar-refractivity contribution in [2.24, 2.45) is 0 Å². The van der Waals surface area contributed by atoms with Gasteiger partial charge in [0.2, 0.25) is 5.91 Å². The number of hydrogen-bond acceptors (Lipinski definition) is 5. The van der Waals surface area contributed by atoms with E-state index in [0.717, 1.165) is 5.56 Å². The van der Waals surface area contributed by atoms with Crippen LogP contribution in [0.25, 0.3) is 0 Å². The van der Waals surface area contributed by atoms with E-state index in [1.54, 1.807) is 6.07 Å². The molecule has 1 rings (SSSR count). The highest BCUT2D eigenvalue weighted by molar-refractivity contribution is 7.07. The first-order chi connectivity index (χ1) is 9.02. The summed E-state index contributed by atoms with van der Waals surface area (Å²) in [6.45, 7) is 0. The van der Waals surface area contributed by atoms with E-state index in [-0.39, 0.29) is 25.2 Å². The maximum Gasteiger partial charge on any atom is 0.326 e. The average molecular weight is 285 g/mol. The molecule has 19 heavy (non-hydrogen) atoms. The van der Waals surface area contributed by atoms with Crippen LogP contribution in [0.15, 0.2) is 16.8 Å². The zero-order chi connectivity index (χ0) is 14.3. The van der Waals surface area contributed by atoms with Crippen LogP contribution in [0.4, 0.5) is 0 Å². The van der Waals surface area contributed by atoms with Crippen LogP contribution in [0.2, 0.25) is 0 Å². The molecule has 0 fully saturated rings. The lowest BCUT2D eigenvalue weighted by Gasteiger charge is -2.13. The Morgan fingerprint density at radius 3 is 2.74 bits per heavy atom. The number of aliphatic carboxylic acids is 1. The lowest BCUT2D eigenvalue weighted by Crippen LogP contribution is -2.41. The molecule has 1 aromatic rings. The number of thiophene rings is 1. The van der Waals surface area contributed by atoms with Crippen LogP contribution in [0, 0.1) is 0 Å². The molecule has 0 saturated carbocycles. The third-order valence-electron chi connectivity index (χ3n) is 2.44. The molecule has 7 heteroatoms. The molecule has 0 bridgehead atoms. The molecule has 0 spiro atoms. The fourth-order valence-corrected chi connectivity index (χ4v) is 2.11. The first-order valence-corrected chi connectivity index (χ1v) is 6.57. The van der Waals surface area contributed by atoms with Crippen molar-refractivity contribution in [1.29, 1.82) is 0 Å². The Labute approximate surface area is 114 Å². The van der Waals surface area contributed by atoms with Gasteiger partial charge in [0.1, 0.15) is 6.04 Å². The second-order valence-corrected chi connectivity index (χ2v) is 4.66. The van der Waals surface area contributed by atoms with Crippen molar-refractivity contribution in [3.63, 3.8) is 0 Å². The van der Waals surface area contributed by atoms with Crippen molar-refractivity contribution in [2.45, 2.75) is 25.3 Å². The van der Waals surface area contributed by atoms with Crippen LogP contribution in [0.1, 0.15) is 18.4 Å². The van der Waals surface area contributed by atoms with Gasteiger partial charge in [-0.1, -0.05) is 0 Å². The second kappa shape index (κ2) is 7.52. The number of ether oxygens (including phenoxy) is 1. The number of esters is 1. The molecule has 0 unspecified atom stereocenters. The molecule has 0 aliphatic carbocycles. The topological polar surface area (TPSA) is 92.7 Å². The van der Waals surface area contributed by atoms with Crippen LogP contribution in [0.5, 0.6) is 0 Å². The van der Waals surface area contributed by atoms with Gasteiger partial charge in [-0.15, -0.1) is 0 Å². The summed E-state index contributed by atoms with van der Waals surface area (Å²) in [5.41, 5.74) is 0.833. The third-order valence-corrected chi connectivity index (χ3v) is 3.17. The summed E-state index contributed by atoms with van der Waals surface area (Å²) in [6.07, 6.45) is 0.0923. The van der Waals surface area contributed by atoms with E-state index in [9.17, 15) is 14.4 Å². The van der Waals surface area contributed by atoms with Gasteiger partial charge >= 0.3 is 11.9 Å². The van der Waals surface area contributed by atoms with Crippen LogP contribution in [-0.2, 0) is 25.5 Å². The summed E-state index contributed by atoms with van der Waals surface area (Å²) in [4.78, 5) is 33.6. The molecular weight excluding hydrogens is 270 g/mol. The third kappa shape index (κ3) is 5.52. The number of rotatable bonds is 7. The minimum atomic E-state index is -1.16. The molecule has 0 saturated heterocycles. The fraction of sp³-hybridized carbons (Fsp3) is 0.417. The minimum absolute atomic E-state index is 0.0113. The van der Waals surface area contributed by atoms with Gasteiger partial charge in [-0.05, 0) is 28.8 Å². The molecule has 0 aliphatic heterocycles. The van der Waals surface area contributed by atoms with Gasteiger partial charge in [0.15, 0.2) is 0 Å². The Morgan fingerprint density at radius 2 is 2.21 bits per heavy atom. The number of hydrogen-bond donors (Lipinski definition) is 2. The largest absolute Gasteiger partial charge is 0.480 e. The van der Waals surface area contributed by atoms with E-state index >= 15 is 0 Å². The van der Waals surface area contributed by atoms with Gasteiger partial charge in [-0.25, -0.2) is 4.79 Å². The maximum absolute atomic E-state index is 11.7. The molecule has 1 atom stereocenters. The van der Waals surface area contributed by atoms with Crippen molar-refractivity contribution in [1.82, 2.24) is 5.32 Å². The van der Waals surface area contributed by atoms with Gasteiger partial charge in [0.25, 0.3) is 0 Å². The average Bonchev–Trinajstić information content (AvgIpc) is 2.86. The minimum Gasteiger partial charge on any atom is -0.480 e. The van der Waals surface area contributed by atoms with E-state index < -0.39 is 18.0 Å². The quantitative estimate of drug-likeness (QED) is 0.723. The molecule has 6 nitrogen and oxygen atoms in total. The normalized spacial score (nSPS) is 11.6. The fourth-order valence-electron chi connectivity index (χ4n) is 1.45. The molecule has 2 N–H and O–H groups in total. The number of carboxylic acids is 1. The van der Waals surface area contributed by atoms with E-state index in [4.69, 9.17) is 5.11 Å². The van der Waals surface area contributed by atoms with Gasteiger partial charge in [-0.2, -0.15) is 11.3 Å². The monoisotopic (exact) mass is 285 g/mol. The summed E-state index contributed by atoms with van der Waals surface area (Å²) in [5.74, 6) is -2.04. The summed E-state index contributed by atoms with van der Waals surface area (Å²) < 4.78 is 4.43. The lowest BCUT2D eigenvalue weighted by molar-refractivity contribution is -0.144. The number of carbonyl (C=O) groups is 3. The Kier molecular flexibility index (Phi) is 6.01. The Bertz CT molecular complexity index is 443. The Morgan fingerprint density at radius 1 is 1.47 bits per heavy atom. The highest BCUT2D eigenvalue weighted by Crippen LogP contribution is 2.07.